The molecule has 122 heavy (non-hydrogen) atoms. The van der Waals surface area contributed by atoms with E-state index >= 15 is 0 Å². The first kappa shape index (κ1) is 92.8. The number of carbonyl (C=O) groups excluding carboxylic acids is 9. The second-order valence-electron chi connectivity index (χ2n) is 28.9. The molecular weight excluding hydrogens is 1610 g/mol. The number of unbranched alkanes of at least 4 members (excludes halogenated alkanes) is 2. The van der Waals surface area contributed by atoms with Crippen LogP contribution in [0.4, 0.5) is 40.3 Å². The minimum atomic E-state index is -3.24. The first-order valence-corrected chi connectivity index (χ1v) is 39.1. The predicted molar refractivity (Wildman–Crippen MR) is 427 cm³/mol. The van der Waals surface area contributed by atoms with Crippen LogP contribution >= 0.6 is 0 Å². The molecule has 4 atom stereocenters. The van der Waals surface area contributed by atoms with Gasteiger partial charge in [0.15, 0.2) is 0 Å². The molecule has 3 fully saturated rings. The highest BCUT2D eigenvalue weighted by atomic mass is 19.3. The molecule has 1 unspecified atom stereocenters. The van der Waals surface area contributed by atoms with Gasteiger partial charge in [-0.2, -0.15) is 5.26 Å². The summed E-state index contributed by atoms with van der Waals surface area (Å²) in [5, 5.41) is 54.7. The summed E-state index contributed by atoms with van der Waals surface area (Å²) >= 11 is 0. The number of carboxylic acids is 2. The van der Waals surface area contributed by atoms with Crippen molar-refractivity contribution in [1.29, 1.82) is 5.26 Å². The number of nitrogens with zero attached hydrogens (tertiary/aromatic N) is 10. The maximum atomic E-state index is 14.1. The third-order valence-electron chi connectivity index (χ3n) is 20.3. The van der Waals surface area contributed by atoms with Crippen LogP contribution in [0.2, 0.25) is 0 Å². The van der Waals surface area contributed by atoms with E-state index in [1.54, 1.807) is 57.2 Å². The molecule has 0 radical (unpaired) electrons. The number of aromatic nitrogens is 2. The number of anilines is 4. The van der Waals surface area contributed by atoms with Crippen LogP contribution in [0.3, 0.4) is 0 Å². The number of benzene rings is 2. The molecule has 9 rings (SSSR count). The molecule has 44 heteroatoms. The summed E-state index contributed by atoms with van der Waals surface area (Å²) in [6, 6.07) is 9.92. The van der Waals surface area contributed by atoms with Gasteiger partial charge in [-0.1, -0.05) is 0 Å². The zero-order valence-electron chi connectivity index (χ0n) is 66.2. The minimum absolute atomic E-state index is 0.00783. The Morgan fingerprint density at radius 3 is 1.52 bits per heavy atom. The van der Waals surface area contributed by atoms with Crippen LogP contribution in [-0.2, 0) is 52.6 Å². The molecule has 654 valence electrons. The predicted octanol–water partition coefficient (Wildman–Crippen LogP) is -0.328. The zero-order chi connectivity index (χ0) is 88.0. The maximum Gasteiger partial charge on any atom is 0.320 e. The quantitative estimate of drug-likeness (QED) is 0.00766. The van der Waals surface area contributed by atoms with Gasteiger partial charge in [-0.25, -0.2) is 24.1 Å². The van der Waals surface area contributed by atoms with E-state index in [1.165, 1.54) is 29.4 Å². The Morgan fingerprint density at radius 1 is 0.574 bits per heavy atom. The second kappa shape index (κ2) is 44.8. The van der Waals surface area contributed by atoms with Crippen molar-refractivity contribution in [3.05, 3.63) is 124 Å². The van der Waals surface area contributed by atoms with Crippen molar-refractivity contribution < 1.29 is 99.5 Å². The number of likely N-dealkylation sites (tertiary alicyclic amines) is 2. The summed E-state index contributed by atoms with van der Waals surface area (Å²) in [7, 11) is 0. The van der Waals surface area contributed by atoms with Gasteiger partial charge in [0.25, 0.3) is 58.3 Å². The number of alkyl halides is 4. The normalized spacial score (nSPS) is 16.9. The van der Waals surface area contributed by atoms with Crippen LogP contribution in [0.25, 0.3) is 26.7 Å². The number of hydrogen-bond donors (Lipinski definition) is 11. The SMILES string of the molecule is [C-]#[N+][C@@H]1CC(F)(F)CN1C(=O)CNC(=O)c1ccnc2ccc(OCCCCNc3c(NCCNC(=O)[C@H](CCC(=O)NCCNc4c(NCCCCOc5ccc6nccc(C(=O)NCC(=O)N7CC(F)(F)C[C@H]7C#N)c6c5)c(=O)c4=O)NC(=O)CCC(C(=O)O)N4CCN(COC=O)CCN(COC=O)CCN(CC(=O)O)CC4)c(=O)c3=O)cc12. The fourth-order valence-corrected chi connectivity index (χ4v) is 13.9. The number of nitriles is 1. The Labute approximate surface area is 693 Å². The van der Waals surface area contributed by atoms with Crippen molar-refractivity contribution in [3.63, 3.8) is 0 Å². The van der Waals surface area contributed by atoms with Gasteiger partial charge in [0, 0.05) is 134 Å². The van der Waals surface area contributed by atoms with Gasteiger partial charge in [0.05, 0.1) is 74.2 Å². The zero-order valence-corrected chi connectivity index (χ0v) is 66.2. The van der Waals surface area contributed by atoms with Crippen molar-refractivity contribution in [2.75, 3.05) is 172 Å². The molecule has 11 N–H and O–H groups in total. The fourth-order valence-electron chi connectivity index (χ4n) is 13.9. The van der Waals surface area contributed by atoms with Crippen molar-refractivity contribution in [2.24, 2.45) is 0 Å². The molecular formula is C78H93F4N19O21. The summed E-state index contributed by atoms with van der Waals surface area (Å²) < 4.78 is 77.8. The van der Waals surface area contributed by atoms with Gasteiger partial charge < -0.3 is 81.9 Å². The molecule has 3 aliphatic heterocycles. The molecule has 6 aromatic rings. The van der Waals surface area contributed by atoms with Crippen molar-refractivity contribution in [3.8, 4) is 17.6 Å². The van der Waals surface area contributed by atoms with Crippen LogP contribution in [0.15, 0.2) is 80.1 Å². The van der Waals surface area contributed by atoms with Gasteiger partial charge in [-0.3, -0.25) is 111 Å². The first-order valence-electron chi connectivity index (χ1n) is 39.1. The molecule has 3 aliphatic rings. The van der Waals surface area contributed by atoms with E-state index in [-0.39, 0.29) is 184 Å². The minimum Gasteiger partial charge on any atom is -0.494 e. The molecule has 0 spiro atoms. The average molecular weight is 1710 g/mol. The fraction of sp³-hybridized carbons (Fsp3) is 0.500. The van der Waals surface area contributed by atoms with Gasteiger partial charge >= 0.3 is 18.1 Å². The van der Waals surface area contributed by atoms with E-state index in [9.17, 15) is 105 Å². The third kappa shape index (κ3) is 26.5. The molecule has 4 aromatic carbocycles. The first-order chi connectivity index (χ1) is 58.5. The Balaban J connectivity index is 0.753. The number of rotatable bonds is 46. The lowest BCUT2D eigenvalue weighted by molar-refractivity contribution is -0.145. The summed E-state index contributed by atoms with van der Waals surface area (Å²) in [6.07, 6.45) is -0.0589. The number of ether oxygens (including phenoxy) is 4. The van der Waals surface area contributed by atoms with Crippen molar-refractivity contribution in [1.82, 2.24) is 66.0 Å². The van der Waals surface area contributed by atoms with E-state index in [1.807, 2.05) is 0 Å². The highest BCUT2D eigenvalue weighted by Crippen LogP contribution is 2.34. The maximum absolute atomic E-state index is 14.1. The Bertz CT molecular complexity index is 5000. The number of nitrogens with one attached hydrogen (secondary N) is 9. The second-order valence-corrected chi connectivity index (χ2v) is 28.9. The van der Waals surface area contributed by atoms with Gasteiger partial charge in [0.1, 0.15) is 72.3 Å². The lowest BCUT2D eigenvalue weighted by Crippen LogP contribution is -2.52. The summed E-state index contributed by atoms with van der Waals surface area (Å²) in [5.74, 6) is -13.6. The van der Waals surface area contributed by atoms with Gasteiger partial charge in [-0.05, 0) is 87.1 Å². The monoisotopic (exact) mass is 1710 g/mol. The van der Waals surface area contributed by atoms with E-state index in [0.717, 1.165) is 9.80 Å². The summed E-state index contributed by atoms with van der Waals surface area (Å²) in [6.45, 7) is 4.99. The molecule has 0 saturated carbocycles. The molecule has 7 amide bonds. The number of halogens is 4. The number of hydrogen-bond acceptors (Lipinski definition) is 30. The topological polar surface area (TPSA) is 515 Å². The Morgan fingerprint density at radius 2 is 1.03 bits per heavy atom. The number of carbonyl (C=O) groups is 11. The lowest BCUT2D eigenvalue weighted by atomic mass is 10.1. The number of fused-ring (bicyclic) bond motifs is 2. The highest BCUT2D eigenvalue weighted by molar-refractivity contribution is 6.08. The van der Waals surface area contributed by atoms with Crippen LogP contribution in [-0.4, -0.2) is 303 Å². The van der Waals surface area contributed by atoms with Gasteiger partial charge in [0.2, 0.25) is 29.5 Å². The highest BCUT2D eigenvalue weighted by Gasteiger charge is 2.51. The van der Waals surface area contributed by atoms with E-state index < -0.39 is 163 Å². The molecule has 0 aliphatic carbocycles. The molecule has 0 bridgehead atoms. The Kier molecular flexibility index (Phi) is 34.1. The summed E-state index contributed by atoms with van der Waals surface area (Å²) in [4.78, 5) is 212. The molecule has 3 saturated heterocycles. The average Bonchev–Trinajstić information content (AvgIpc) is 0.948. The standard InChI is InChI=1S/C78H93F4N19O21/c1-84-59-37-78(81,82)43-101(59)63(107)40-94-74(115)52-15-19-86-56-9-7-50(35-54(52)56)122-33-5-3-17-89-66-68(72(113)70(66)111)91-22-23-92-75(116)57(95-61(105)13-11-58(76(117)118)99-30-28-96(41-64(108)109)24-25-97(44-119-46-102)26-27-98(29-31-99)45-120-47-103)10-12-60(104)87-20-21-90-67-65(69(110)71(67)112)88-16-2-4-32-121-49-6-8-55-53(34-49)51(14-18-85-55)73(114)93-39-62(106)100-42-77(79,80)36-48(100)38-83/h6-9,14-15,18-19,34-35,46-48,57-59,88-91H,2-5,10-13,16-17,20-33,36-37,39-45H2,(H,87,104)(H,92,116)(H,93,114)(H,94,115)(H,95,105)(H,108,109)(H,117,118)/t48-,57-,58?,59-/m0/s1. The van der Waals surface area contributed by atoms with Gasteiger partial charge in [-0.15, -0.1) is 0 Å². The summed E-state index contributed by atoms with van der Waals surface area (Å²) in [5.41, 5.74) is -2.34. The number of amides is 7. The number of aliphatic carboxylic acids is 2. The van der Waals surface area contributed by atoms with Crippen LogP contribution in [0.5, 0.6) is 11.5 Å². The molecule has 40 nitrogen and oxygen atoms in total. The van der Waals surface area contributed by atoms with Crippen LogP contribution < -0.4 is 79.0 Å². The Hall–Kier alpha value is -13.1. The van der Waals surface area contributed by atoms with E-state index in [2.05, 4.69) is 62.7 Å². The van der Waals surface area contributed by atoms with Crippen LogP contribution in [0, 0.1) is 17.9 Å². The van der Waals surface area contributed by atoms with Crippen molar-refractivity contribution >= 4 is 111 Å². The van der Waals surface area contributed by atoms with Crippen LogP contribution in [0.1, 0.15) is 84.9 Å². The number of carboxylic acid groups (broad SMARTS) is 2. The smallest absolute Gasteiger partial charge is 0.320 e. The van der Waals surface area contributed by atoms with E-state index in [4.69, 9.17) is 25.5 Å². The number of pyridine rings is 2. The largest absolute Gasteiger partial charge is 0.494 e. The molecule has 2 aromatic heterocycles. The van der Waals surface area contributed by atoms with Crippen molar-refractivity contribution in [2.45, 2.75) is 100 Å². The molecule has 5 heterocycles. The van der Waals surface area contributed by atoms with E-state index in [0.29, 0.717) is 59.0 Å². The third-order valence-corrected chi connectivity index (χ3v) is 20.3. The lowest BCUT2D eigenvalue weighted by Gasteiger charge is -2.35.